The Bertz CT molecular complexity index is 652. The third-order valence-corrected chi connectivity index (χ3v) is 4.95. The van der Waals surface area contributed by atoms with Gasteiger partial charge in [0.1, 0.15) is 29.3 Å². The highest BCUT2D eigenvalue weighted by Crippen LogP contribution is 2.43. The van der Waals surface area contributed by atoms with Crippen LogP contribution in [0.1, 0.15) is 5.37 Å². The van der Waals surface area contributed by atoms with Crippen molar-refractivity contribution in [1.82, 2.24) is 14.5 Å². The van der Waals surface area contributed by atoms with Crippen LogP contribution in [0.4, 0.5) is 10.2 Å². The van der Waals surface area contributed by atoms with E-state index in [-0.39, 0.29) is 23.5 Å². The van der Waals surface area contributed by atoms with E-state index in [0.29, 0.717) is 0 Å². The van der Waals surface area contributed by atoms with Gasteiger partial charge in [0.2, 0.25) is 0 Å². The van der Waals surface area contributed by atoms with Gasteiger partial charge in [-0.1, -0.05) is 0 Å². The highest BCUT2D eigenvalue weighted by Gasteiger charge is 2.43. The van der Waals surface area contributed by atoms with Gasteiger partial charge in [0.05, 0.1) is 23.3 Å². The topological polar surface area (TPSA) is 117 Å². The highest BCUT2D eigenvalue weighted by atomic mass is 32.2. The number of fused-ring (bicyclic) bond motifs is 1. The zero-order valence-electron chi connectivity index (χ0n) is 10.2. The lowest BCUT2D eigenvalue weighted by molar-refractivity contribution is 0.0113. The number of aliphatic hydroxyl groups is 3. The van der Waals surface area contributed by atoms with E-state index < -0.39 is 28.6 Å². The van der Waals surface area contributed by atoms with E-state index in [1.807, 2.05) is 0 Å². The molecule has 1 aliphatic heterocycles. The Kier molecular flexibility index (Phi) is 3.28. The number of nitrogen functional groups attached to an aromatic ring is 1. The maximum Gasteiger partial charge on any atom is 0.154 e. The number of aromatic nitrogens is 3. The minimum absolute atomic E-state index is 0.0167. The van der Waals surface area contributed by atoms with Crippen LogP contribution in [0.15, 0.2) is 12.5 Å². The third kappa shape index (κ3) is 1.85. The highest BCUT2D eigenvalue weighted by molar-refractivity contribution is 8.00. The van der Waals surface area contributed by atoms with Crippen LogP contribution in [-0.4, -0.2) is 53.9 Å². The number of rotatable bonds is 2. The smallest absolute Gasteiger partial charge is 0.154 e. The quantitative estimate of drug-likeness (QED) is 0.589. The zero-order chi connectivity index (χ0) is 14.4. The van der Waals surface area contributed by atoms with Crippen LogP contribution in [-0.2, 0) is 0 Å². The second-order valence-corrected chi connectivity index (χ2v) is 5.93. The summed E-state index contributed by atoms with van der Waals surface area (Å²) >= 11 is 1.16. The maximum absolute atomic E-state index is 13.9. The summed E-state index contributed by atoms with van der Waals surface area (Å²) in [4.78, 5) is 7.71. The summed E-state index contributed by atoms with van der Waals surface area (Å²) in [5.74, 6) is -0.573. The van der Waals surface area contributed by atoms with Crippen molar-refractivity contribution in [2.24, 2.45) is 0 Å². The Balaban J connectivity index is 2.10. The average Bonchev–Trinajstić information content (AvgIpc) is 2.90. The summed E-state index contributed by atoms with van der Waals surface area (Å²) in [6.45, 7) is -0.280. The normalized spacial score (nSPS) is 30.2. The first-order valence-electron chi connectivity index (χ1n) is 5.93. The molecule has 3 heterocycles. The molecule has 20 heavy (non-hydrogen) atoms. The van der Waals surface area contributed by atoms with Crippen LogP contribution in [0.5, 0.6) is 0 Å². The molecular weight excluding hydrogens is 287 g/mol. The summed E-state index contributed by atoms with van der Waals surface area (Å²) in [5, 5.41) is 27.9. The molecule has 2 aromatic rings. The molecule has 0 spiro atoms. The molecule has 0 aliphatic carbocycles. The molecule has 4 atom stereocenters. The number of nitrogens with zero attached hydrogens (tertiary/aromatic N) is 3. The molecule has 1 saturated heterocycles. The summed E-state index contributed by atoms with van der Waals surface area (Å²) in [7, 11) is 0. The number of hydrogen-bond donors (Lipinski definition) is 4. The van der Waals surface area contributed by atoms with Crippen molar-refractivity contribution in [3.05, 3.63) is 18.3 Å². The predicted molar refractivity (Wildman–Crippen MR) is 71.4 cm³/mol. The average molecular weight is 300 g/mol. The Hall–Kier alpha value is -1.42. The minimum Gasteiger partial charge on any atom is -0.395 e. The Morgan fingerprint density at radius 1 is 1.35 bits per heavy atom. The van der Waals surface area contributed by atoms with Crippen LogP contribution in [0.25, 0.3) is 11.0 Å². The van der Waals surface area contributed by atoms with Gasteiger partial charge < -0.3 is 25.6 Å². The van der Waals surface area contributed by atoms with Gasteiger partial charge in [-0.15, -0.1) is 11.8 Å². The van der Waals surface area contributed by atoms with Crippen molar-refractivity contribution in [3.8, 4) is 0 Å². The number of hydrogen-bond acceptors (Lipinski definition) is 7. The van der Waals surface area contributed by atoms with Gasteiger partial charge >= 0.3 is 0 Å². The van der Waals surface area contributed by atoms with E-state index in [1.54, 1.807) is 0 Å². The lowest BCUT2D eigenvalue weighted by atomic mass is 10.1. The Morgan fingerprint density at radius 2 is 2.10 bits per heavy atom. The van der Waals surface area contributed by atoms with E-state index in [2.05, 4.69) is 9.97 Å². The molecule has 5 N–H and O–H groups in total. The van der Waals surface area contributed by atoms with Crippen molar-refractivity contribution in [1.29, 1.82) is 0 Å². The van der Waals surface area contributed by atoms with Crippen molar-refractivity contribution in [2.45, 2.75) is 22.8 Å². The second kappa shape index (κ2) is 4.85. The number of thioether (sulfide) groups is 1. The number of nitrogens with two attached hydrogens (primary N) is 1. The standard InChI is InChI=1S/C11H13FN4O3S/c12-4-1-16(10-6(4)9(13)14-3-15-10)11-8(19)7(18)5(2-17)20-11/h1,3,5,7-8,11,17-19H,2H2,(H2,13,14,15)/t5-,7-,8-,11-/m1/s1. The van der Waals surface area contributed by atoms with Crippen LogP contribution < -0.4 is 5.73 Å². The van der Waals surface area contributed by atoms with Crippen molar-refractivity contribution in [2.75, 3.05) is 12.3 Å². The number of aliphatic hydroxyl groups excluding tert-OH is 3. The molecule has 9 heteroatoms. The molecule has 0 unspecified atom stereocenters. The minimum atomic E-state index is -1.14. The van der Waals surface area contributed by atoms with Crippen LogP contribution in [0, 0.1) is 5.82 Å². The van der Waals surface area contributed by atoms with E-state index in [1.165, 1.54) is 17.1 Å². The second-order valence-electron chi connectivity index (χ2n) is 4.57. The molecule has 7 nitrogen and oxygen atoms in total. The summed E-state index contributed by atoms with van der Waals surface area (Å²) < 4.78 is 15.4. The van der Waals surface area contributed by atoms with E-state index in [0.717, 1.165) is 11.8 Å². The first-order chi connectivity index (χ1) is 9.54. The first-order valence-corrected chi connectivity index (χ1v) is 6.88. The van der Waals surface area contributed by atoms with Crippen LogP contribution >= 0.6 is 11.8 Å². The molecule has 1 fully saturated rings. The van der Waals surface area contributed by atoms with Crippen LogP contribution in [0.2, 0.25) is 0 Å². The van der Waals surface area contributed by atoms with Gasteiger partial charge in [0, 0.05) is 6.20 Å². The Labute approximate surface area is 117 Å². The maximum atomic E-state index is 13.9. The first kappa shape index (κ1) is 13.6. The van der Waals surface area contributed by atoms with Gasteiger partial charge in [0.15, 0.2) is 5.82 Å². The molecule has 1 aliphatic rings. The zero-order valence-corrected chi connectivity index (χ0v) is 11.0. The molecule has 3 rings (SSSR count). The monoisotopic (exact) mass is 300 g/mol. The molecule has 2 aromatic heterocycles. The summed E-state index contributed by atoms with van der Waals surface area (Å²) in [5.41, 5.74) is 5.87. The number of anilines is 1. The fourth-order valence-electron chi connectivity index (χ4n) is 2.37. The van der Waals surface area contributed by atoms with Crippen molar-refractivity contribution >= 4 is 28.6 Å². The summed E-state index contributed by atoms with van der Waals surface area (Å²) in [6, 6.07) is 0. The Morgan fingerprint density at radius 3 is 2.75 bits per heavy atom. The van der Waals surface area contributed by atoms with Gasteiger partial charge in [-0.25, -0.2) is 14.4 Å². The van der Waals surface area contributed by atoms with Crippen LogP contribution in [0.3, 0.4) is 0 Å². The predicted octanol–water partition coefficient (Wildman–Crippen LogP) is -0.519. The van der Waals surface area contributed by atoms with Gasteiger partial charge in [0.25, 0.3) is 0 Å². The van der Waals surface area contributed by atoms with Gasteiger partial charge in [-0.05, 0) is 0 Å². The molecule has 0 bridgehead atoms. The van der Waals surface area contributed by atoms with Crippen molar-refractivity contribution < 1.29 is 19.7 Å². The lowest BCUT2D eigenvalue weighted by Gasteiger charge is -2.17. The summed E-state index contributed by atoms with van der Waals surface area (Å²) in [6.07, 6.45) is 0.154. The fourth-order valence-corrected chi connectivity index (χ4v) is 3.75. The van der Waals surface area contributed by atoms with E-state index in [4.69, 9.17) is 10.8 Å². The molecular formula is C11H13FN4O3S. The van der Waals surface area contributed by atoms with E-state index >= 15 is 0 Å². The molecule has 0 amide bonds. The fraction of sp³-hybridized carbons (Fsp3) is 0.455. The third-order valence-electron chi connectivity index (χ3n) is 3.38. The SMILES string of the molecule is Nc1ncnc2c1c(F)cn2[C@@H]1S[C@H](CO)[C@@H](O)[C@H]1O. The molecule has 0 saturated carbocycles. The van der Waals surface area contributed by atoms with Crippen molar-refractivity contribution in [3.63, 3.8) is 0 Å². The number of halogens is 1. The van der Waals surface area contributed by atoms with Gasteiger partial charge in [-0.3, -0.25) is 0 Å². The molecule has 108 valence electrons. The molecule has 0 aromatic carbocycles. The van der Waals surface area contributed by atoms with E-state index in [9.17, 15) is 14.6 Å². The van der Waals surface area contributed by atoms with Gasteiger partial charge in [-0.2, -0.15) is 0 Å². The lowest BCUT2D eigenvalue weighted by Crippen LogP contribution is -2.32. The molecule has 0 radical (unpaired) electrons. The largest absolute Gasteiger partial charge is 0.395 e.